The largest absolute Gasteiger partial charge is 0.388 e. The number of carbonyl (C=O) groups excluding carboxylic acids is 2. The number of aryl methyl sites for hydroxylation is 1. The molecule has 0 bridgehead atoms. The van der Waals surface area contributed by atoms with E-state index in [2.05, 4.69) is 10.3 Å². The van der Waals surface area contributed by atoms with Crippen LogP contribution in [0.15, 0.2) is 36.8 Å². The van der Waals surface area contributed by atoms with Gasteiger partial charge in [0.15, 0.2) is 0 Å². The minimum Gasteiger partial charge on any atom is -0.388 e. The van der Waals surface area contributed by atoms with Gasteiger partial charge in [-0.25, -0.2) is 10.5 Å². The number of amides is 2. The van der Waals surface area contributed by atoms with Gasteiger partial charge in [-0.3, -0.25) is 14.8 Å². The summed E-state index contributed by atoms with van der Waals surface area (Å²) in [5.41, 5.74) is 2.00. The Morgan fingerprint density at radius 2 is 1.88 bits per heavy atom. The van der Waals surface area contributed by atoms with Crippen LogP contribution in [0, 0.1) is 0 Å². The van der Waals surface area contributed by atoms with Crippen LogP contribution in [0.25, 0.3) is 11.3 Å². The van der Waals surface area contributed by atoms with Crippen molar-refractivity contribution in [2.24, 2.45) is 7.05 Å². The van der Waals surface area contributed by atoms with Gasteiger partial charge < -0.3 is 15.0 Å². The summed E-state index contributed by atoms with van der Waals surface area (Å²) in [7, 11) is 1.87. The molecule has 0 saturated carbocycles. The Hall–Kier alpha value is -2.71. The normalized spacial score (nSPS) is 12.5. The molecule has 1 atom stereocenters. The molecule has 2 amide bonds. The van der Waals surface area contributed by atoms with Crippen molar-refractivity contribution in [2.75, 3.05) is 0 Å². The van der Waals surface area contributed by atoms with Gasteiger partial charge in [0.1, 0.15) is 6.04 Å². The lowest BCUT2D eigenvalue weighted by Crippen LogP contribution is -2.57. The van der Waals surface area contributed by atoms with E-state index < -0.39 is 23.5 Å². The van der Waals surface area contributed by atoms with Crippen molar-refractivity contribution in [3.63, 3.8) is 0 Å². The average Bonchev–Trinajstić information content (AvgIpc) is 2.96. The molecule has 0 aliphatic carbocycles. The van der Waals surface area contributed by atoms with Crippen molar-refractivity contribution in [3.8, 4) is 11.3 Å². The Balaban J connectivity index is 2.18. The Morgan fingerprint density at radius 1 is 1.25 bits per heavy atom. The minimum atomic E-state index is -1.54. The highest BCUT2D eigenvalue weighted by atomic mass is 16.5. The number of rotatable bonds is 5. The van der Waals surface area contributed by atoms with Crippen LogP contribution in [0.3, 0.4) is 0 Å². The second-order valence-corrected chi connectivity index (χ2v) is 6.00. The molecule has 2 aromatic rings. The molecule has 8 heteroatoms. The molecule has 0 saturated heterocycles. The maximum Gasteiger partial charge on any atom is 0.268 e. The molecule has 0 fully saturated rings. The monoisotopic (exact) mass is 332 g/mol. The maximum atomic E-state index is 12.3. The molecule has 0 spiro atoms. The van der Waals surface area contributed by atoms with E-state index in [0.29, 0.717) is 5.56 Å². The maximum absolute atomic E-state index is 12.3. The van der Waals surface area contributed by atoms with E-state index in [0.717, 1.165) is 11.3 Å². The van der Waals surface area contributed by atoms with Gasteiger partial charge in [0.2, 0.25) is 0 Å². The van der Waals surface area contributed by atoms with Gasteiger partial charge in [0, 0.05) is 12.6 Å². The highest BCUT2D eigenvalue weighted by Crippen LogP contribution is 2.19. The number of nitrogens with one attached hydrogen (secondary N) is 2. The third kappa shape index (κ3) is 3.79. The van der Waals surface area contributed by atoms with E-state index in [1.54, 1.807) is 36.8 Å². The van der Waals surface area contributed by atoms with E-state index in [4.69, 9.17) is 5.21 Å². The van der Waals surface area contributed by atoms with Crippen LogP contribution in [0.4, 0.5) is 0 Å². The Kier molecular flexibility index (Phi) is 5.01. The van der Waals surface area contributed by atoms with Crippen molar-refractivity contribution in [1.29, 1.82) is 0 Å². The van der Waals surface area contributed by atoms with Crippen LogP contribution in [-0.4, -0.2) is 43.3 Å². The van der Waals surface area contributed by atoms with E-state index in [-0.39, 0.29) is 0 Å². The van der Waals surface area contributed by atoms with Crippen LogP contribution in [0.1, 0.15) is 24.2 Å². The molecule has 24 heavy (non-hydrogen) atoms. The van der Waals surface area contributed by atoms with Gasteiger partial charge in [-0.2, -0.15) is 0 Å². The van der Waals surface area contributed by atoms with E-state index in [9.17, 15) is 14.7 Å². The SMILES string of the molecule is Cn1cncc1-c1ccc(C(=O)N[C@H](C(=O)NO)C(C)(C)O)cc1. The molecular weight excluding hydrogens is 312 g/mol. The standard InChI is InChI=1S/C16H20N4O4/c1-16(2,23)13(15(22)19-24)18-14(21)11-6-4-10(5-7-11)12-8-17-9-20(12)3/h4-9,13,23-24H,1-3H3,(H,18,21)(H,19,22)/t13-/m1/s1. The number of hydrogen-bond donors (Lipinski definition) is 4. The zero-order valence-corrected chi connectivity index (χ0v) is 13.6. The van der Waals surface area contributed by atoms with Crippen molar-refractivity contribution < 1.29 is 19.9 Å². The number of aromatic nitrogens is 2. The molecule has 0 unspecified atom stereocenters. The molecule has 0 radical (unpaired) electrons. The van der Waals surface area contributed by atoms with Crippen molar-refractivity contribution in [1.82, 2.24) is 20.3 Å². The molecule has 2 rings (SSSR count). The summed E-state index contributed by atoms with van der Waals surface area (Å²) in [6.07, 6.45) is 3.39. The first-order chi connectivity index (χ1) is 11.2. The third-order valence-electron chi connectivity index (χ3n) is 3.61. The topological polar surface area (TPSA) is 116 Å². The van der Waals surface area contributed by atoms with E-state index in [1.807, 2.05) is 11.6 Å². The number of nitrogens with zero attached hydrogens (tertiary/aromatic N) is 2. The summed E-state index contributed by atoms with van der Waals surface area (Å²) in [6, 6.07) is 5.44. The number of benzene rings is 1. The van der Waals surface area contributed by atoms with Gasteiger partial charge >= 0.3 is 0 Å². The zero-order valence-electron chi connectivity index (χ0n) is 13.6. The smallest absolute Gasteiger partial charge is 0.268 e. The average molecular weight is 332 g/mol. The first-order valence-corrected chi connectivity index (χ1v) is 7.28. The summed E-state index contributed by atoms with van der Waals surface area (Å²) < 4.78 is 1.85. The van der Waals surface area contributed by atoms with E-state index in [1.165, 1.54) is 19.3 Å². The molecule has 0 aliphatic rings. The number of hydrogen-bond acceptors (Lipinski definition) is 5. The second kappa shape index (κ2) is 6.81. The van der Waals surface area contributed by atoms with Gasteiger partial charge in [0.05, 0.1) is 23.8 Å². The molecule has 1 heterocycles. The molecule has 0 aliphatic heterocycles. The van der Waals surface area contributed by atoms with Crippen molar-refractivity contribution in [2.45, 2.75) is 25.5 Å². The van der Waals surface area contributed by atoms with Crippen LogP contribution < -0.4 is 10.8 Å². The number of aliphatic hydroxyl groups is 1. The van der Waals surface area contributed by atoms with Crippen LogP contribution in [0.5, 0.6) is 0 Å². The first kappa shape index (κ1) is 17.6. The lowest BCUT2D eigenvalue weighted by molar-refractivity contribution is -0.136. The van der Waals surface area contributed by atoms with Gasteiger partial charge in [-0.1, -0.05) is 12.1 Å². The lowest BCUT2D eigenvalue weighted by Gasteiger charge is -2.28. The number of carbonyl (C=O) groups is 2. The summed E-state index contributed by atoms with van der Waals surface area (Å²) >= 11 is 0. The highest BCUT2D eigenvalue weighted by molar-refractivity contribution is 5.98. The summed E-state index contributed by atoms with van der Waals surface area (Å²) in [6.45, 7) is 2.72. The zero-order chi connectivity index (χ0) is 17.9. The fraction of sp³-hybridized carbons (Fsp3) is 0.312. The van der Waals surface area contributed by atoms with Crippen LogP contribution >= 0.6 is 0 Å². The Bertz CT molecular complexity index is 731. The van der Waals surface area contributed by atoms with Crippen molar-refractivity contribution >= 4 is 11.8 Å². The lowest BCUT2D eigenvalue weighted by atomic mass is 9.97. The fourth-order valence-electron chi connectivity index (χ4n) is 2.27. The summed E-state index contributed by atoms with van der Waals surface area (Å²) in [4.78, 5) is 28.0. The van der Waals surface area contributed by atoms with Crippen LogP contribution in [-0.2, 0) is 11.8 Å². The predicted octanol–water partition coefficient (Wildman–Crippen LogP) is 0.462. The first-order valence-electron chi connectivity index (χ1n) is 7.28. The van der Waals surface area contributed by atoms with Gasteiger partial charge in [-0.05, 0) is 31.5 Å². The molecule has 1 aromatic heterocycles. The number of imidazole rings is 1. The predicted molar refractivity (Wildman–Crippen MR) is 86.1 cm³/mol. The number of hydroxylamine groups is 1. The van der Waals surface area contributed by atoms with Crippen LogP contribution in [0.2, 0.25) is 0 Å². The van der Waals surface area contributed by atoms with Crippen molar-refractivity contribution in [3.05, 3.63) is 42.4 Å². The minimum absolute atomic E-state index is 0.320. The highest BCUT2D eigenvalue weighted by Gasteiger charge is 2.34. The molecule has 128 valence electrons. The van der Waals surface area contributed by atoms with Gasteiger partial charge in [0.25, 0.3) is 11.8 Å². The summed E-state index contributed by atoms with van der Waals surface area (Å²) in [5.74, 6) is -1.44. The summed E-state index contributed by atoms with van der Waals surface area (Å²) in [5, 5.41) is 21.1. The van der Waals surface area contributed by atoms with Gasteiger partial charge in [-0.15, -0.1) is 0 Å². The second-order valence-electron chi connectivity index (χ2n) is 6.00. The quantitative estimate of drug-likeness (QED) is 0.469. The third-order valence-corrected chi connectivity index (χ3v) is 3.61. The molecule has 1 aromatic carbocycles. The van der Waals surface area contributed by atoms with E-state index >= 15 is 0 Å². The molecular formula is C16H20N4O4. The molecule has 4 N–H and O–H groups in total. The Morgan fingerprint density at radius 3 is 2.33 bits per heavy atom. The molecule has 8 nitrogen and oxygen atoms in total. The Labute approximate surface area is 139 Å². The fourth-order valence-corrected chi connectivity index (χ4v) is 2.27.